The first-order valence-electron chi connectivity index (χ1n) is 7.72. The molecule has 20 heavy (non-hydrogen) atoms. The van der Waals surface area contributed by atoms with Crippen LogP contribution in [0.25, 0.3) is 6.08 Å². The second kappa shape index (κ2) is 6.25. The largest absolute Gasteiger partial charge is 0.496 e. The van der Waals surface area contributed by atoms with Crippen LogP contribution in [0.1, 0.15) is 55.6 Å². The molecule has 0 atom stereocenters. The molecule has 1 heterocycles. The molecule has 0 bridgehead atoms. The van der Waals surface area contributed by atoms with Gasteiger partial charge in [-0.25, -0.2) is 0 Å². The zero-order valence-corrected chi connectivity index (χ0v) is 12.3. The third kappa shape index (κ3) is 2.95. The van der Waals surface area contributed by atoms with Gasteiger partial charge in [0.25, 0.3) is 0 Å². The fourth-order valence-corrected chi connectivity index (χ4v) is 3.34. The number of hydrogen-bond donors (Lipinski definition) is 0. The Morgan fingerprint density at radius 1 is 1.20 bits per heavy atom. The predicted molar refractivity (Wildman–Crippen MR) is 84.8 cm³/mol. The van der Waals surface area contributed by atoms with Gasteiger partial charge in [0, 0.05) is 12.6 Å². The monoisotopic (exact) mass is 269 g/mol. The van der Waals surface area contributed by atoms with Gasteiger partial charge in [0.1, 0.15) is 5.75 Å². The highest BCUT2D eigenvalue weighted by molar-refractivity contribution is 5.70. The molecule has 1 aromatic carbocycles. The van der Waals surface area contributed by atoms with Crippen LogP contribution in [0.3, 0.4) is 0 Å². The summed E-state index contributed by atoms with van der Waals surface area (Å²) in [5.74, 6) is 1.73. The van der Waals surface area contributed by atoms with Crippen molar-refractivity contribution in [3.63, 3.8) is 0 Å². The van der Waals surface area contributed by atoms with Gasteiger partial charge in [0.2, 0.25) is 0 Å². The summed E-state index contributed by atoms with van der Waals surface area (Å²) < 4.78 is 5.58. The van der Waals surface area contributed by atoms with E-state index in [1.165, 1.54) is 48.8 Å². The van der Waals surface area contributed by atoms with Crippen molar-refractivity contribution < 1.29 is 4.74 Å². The highest BCUT2D eigenvalue weighted by Crippen LogP contribution is 2.38. The minimum atomic E-state index is 0.678. The van der Waals surface area contributed by atoms with Crippen molar-refractivity contribution in [2.24, 2.45) is 4.99 Å². The Hall–Kier alpha value is -1.57. The summed E-state index contributed by atoms with van der Waals surface area (Å²) in [5.41, 5.74) is 4.11. The smallest absolute Gasteiger partial charge is 0.122 e. The average Bonchev–Trinajstić information content (AvgIpc) is 3.01. The van der Waals surface area contributed by atoms with Gasteiger partial charge in [-0.15, -0.1) is 0 Å². The zero-order chi connectivity index (χ0) is 13.8. The van der Waals surface area contributed by atoms with Crippen LogP contribution >= 0.6 is 0 Å². The first-order valence-corrected chi connectivity index (χ1v) is 7.72. The third-order valence-corrected chi connectivity index (χ3v) is 4.45. The second-order valence-corrected chi connectivity index (χ2v) is 5.87. The number of benzene rings is 1. The van der Waals surface area contributed by atoms with Gasteiger partial charge in [-0.1, -0.05) is 31.4 Å². The molecule has 1 aliphatic heterocycles. The number of nitrogens with zero attached hydrogens (tertiary/aromatic N) is 1. The zero-order valence-electron chi connectivity index (χ0n) is 12.3. The summed E-state index contributed by atoms with van der Waals surface area (Å²) in [4.78, 5) is 4.29. The fraction of sp³-hybridized carbons (Fsp3) is 0.500. The van der Waals surface area contributed by atoms with Crippen molar-refractivity contribution in [3.8, 4) is 5.75 Å². The lowest BCUT2D eigenvalue weighted by Gasteiger charge is -2.24. The van der Waals surface area contributed by atoms with Gasteiger partial charge in [-0.05, 0) is 47.6 Å². The third-order valence-electron chi connectivity index (χ3n) is 4.45. The molecule has 1 aliphatic carbocycles. The molecule has 2 nitrogen and oxygen atoms in total. The number of ether oxygens (including phenoxy) is 1. The minimum absolute atomic E-state index is 0.678. The van der Waals surface area contributed by atoms with Crippen LogP contribution < -0.4 is 4.74 Å². The molecule has 0 N–H and O–H groups in total. The molecule has 1 saturated carbocycles. The van der Waals surface area contributed by atoms with Crippen LogP contribution in [-0.4, -0.2) is 19.9 Å². The van der Waals surface area contributed by atoms with Crippen molar-refractivity contribution >= 4 is 12.3 Å². The molecule has 0 saturated heterocycles. The van der Waals surface area contributed by atoms with Crippen LogP contribution in [0.15, 0.2) is 28.8 Å². The van der Waals surface area contributed by atoms with E-state index in [9.17, 15) is 0 Å². The number of aliphatic imine (C=N–C) groups is 1. The Morgan fingerprint density at radius 2 is 2.05 bits per heavy atom. The van der Waals surface area contributed by atoms with Crippen LogP contribution in [0.4, 0.5) is 0 Å². The molecule has 1 aromatic rings. The van der Waals surface area contributed by atoms with Crippen LogP contribution in [0.5, 0.6) is 5.75 Å². The van der Waals surface area contributed by atoms with E-state index in [1.807, 2.05) is 6.21 Å². The van der Waals surface area contributed by atoms with E-state index in [1.54, 1.807) is 7.11 Å². The predicted octanol–water partition coefficient (Wildman–Crippen LogP) is 4.60. The summed E-state index contributed by atoms with van der Waals surface area (Å²) in [6, 6.07) is 6.63. The Morgan fingerprint density at radius 3 is 2.75 bits per heavy atom. The molecule has 106 valence electrons. The lowest BCUT2D eigenvalue weighted by molar-refractivity contribution is 0.387. The quantitative estimate of drug-likeness (QED) is 0.785. The summed E-state index contributed by atoms with van der Waals surface area (Å²) in [7, 11) is 1.78. The van der Waals surface area contributed by atoms with Gasteiger partial charge in [-0.3, -0.25) is 4.99 Å². The highest BCUT2D eigenvalue weighted by Gasteiger charge is 2.19. The highest BCUT2D eigenvalue weighted by atomic mass is 16.5. The molecule has 0 unspecified atom stereocenters. The van der Waals surface area contributed by atoms with Gasteiger partial charge in [0.05, 0.1) is 13.7 Å². The topological polar surface area (TPSA) is 21.6 Å². The molecule has 2 aliphatic rings. The lowest BCUT2D eigenvalue weighted by Crippen LogP contribution is -2.06. The van der Waals surface area contributed by atoms with Crippen molar-refractivity contribution in [1.82, 2.24) is 0 Å². The fourth-order valence-electron chi connectivity index (χ4n) is 3.34. The molecular weight excluding hydrogens is 246 g/mol. The van der Waals surface area contributed by atoms with Gasteiger partial charge < -0.3 is 4.74 Å². The van der Waals surface area contributed by atoms with Crippen molar-refractivity contribution in [3.05, 3.63) is 34.9 Å². The second-order valence-electron chi connectivity index (χ2n) is 5.87. The van der Waals surface area contributed by atoms with Gasteiger partial charge in [0.15, 0.2) is 0 Å². The number of hydrogen-bond acceptors (Lipinski definition) is 2. The maximum absolute atomic E-state index is 5.58. The number of methoxy groups -OCH3 is 1. The molecule has 3 rings (SSSR count). The summed E-state index contributed by atoms with van der Waals surface area (Å²) in [5, 5.41) is 0. The van der Waals surface area contributed by atoms with Crippen LogP contribution in [-0.2, 0) is 0 Å². The summed E-state index contributed by atoms with van der Waals surface area (Å²) in [6.45, 7) is 0.866. The Labute approximate surface area is 121 Å². The van der Waals surface area contributed by atoms with E-state index in [0.29, 0.717) is 5.92 Å². The molecule has 0 amide bonds. The summed E-state index contributed by atoms with van der Waals surface area (Å²) in [6.07, 6.45) is 12.0. The Balaban J connectivity index is 1.87. The van der Waals surface area contributed by atoms with Gasteiger partial charge in [-0.2, -0.15) is 0 Å². The van der Waals surface area contributed by atoms with E-state index in [4.69, 9.17) is 4.74 Å². The van der Waals surface area contributed by atoms with E-state index >= 15 is 0 Å². The maximum atomic E-state index is 5.58. The SMILES string of the molecule is COc1ccc(C=C2CC=NC2)cc1C1CCCCC1. The van der Waals surface area contributed by atoms with Gasteiger partial charge >= 0.3 is 0 Å². The standard InChI is InChI=1S/C18H23NO/c1-20-18-8-7-14(11-15-9-10-19-13-15)12-17(18)16-5-3-2-4-6-16/h7-8,10-12,16H,2-6,9,13H2,1H3. The van der Waals surface area contributed by atoms with Crippen molar-refractivity contribution in [2.75, 3.05) is 13.7 Å². The summed E-state index contributed by atoms with van der Waals surface area (Å²) >= 11 is 0. The molecule has 0 radical (unpaired) electrons. The maximum Gasteiger partial charge on any atom is 0.122 e. The molecular formula is C18H23NO. The molecule has 0 aromatic heterocycles. The van der Waals surface area contributed by atoms with Crippen LogP contribution in [0, 0.1) is 0 Å². The molecule has 0 spiro atoms. The molecule has 2 heteroatoms. The van der Waals surface area contributed by atoms with Crippen LogP contribution in [0.2, 0.25) is 0 Å². The lowest BCUT2D eigenvalue weighted by atomic mass is 9.83. The van der Waals surface area contributed by atoms with E-state index in [0.717, 1.165) is 18.7 Å². The van der Waals surface area contributed by atoms with E-state index < -0.39 is 0 Å². The minimum Gasteiger partial charge on any atom is -0.496 e. The van der Waals surface area contributed by atoms with Crippen molar-refractivity contribution in [2.45, 2.75) is 44.4 Å². The molecule has 1 fully saturated rings. The Bertz CT molecular complexity index is 514. The van der Waals surface area contributed by atoms with E-state index in [-0.39, 0.29) is 0 Å². The first kappa shape index (κ1) is 13.4. The van der Waals surface area contributed by atoms with Crippen molar-refractivity contribution in [1.29, 1.82) is 0 Å². The normalized spacial score (nSPS) is 21.6. The Kier molecular flexibility index (Phi) is 4.19. The average molecular weight is 269 g/mol. The van der Waals surface area contributed by atoms with E-state index in [2.05, 4.69) is 29.3 Å². The first-order chi connectivity index (χ1) is 9.86. The number of rotatable bonds is 3.